The summed E-state index contributed by atoms with van der Waals surface area (Å²) >= 11 is 0. The summed E-state index contributed by atoms with van der Waals surface area (Å²) < 4.78 is 62.2. The fraction of sp³-hybridized carbons (Fsp3) is 0.625. The van der Waals surface area contributed by atoms with Crippen molar-refractivity contribution in [3.63, 3.8) is 0 Å². The van der Waals surface area contributed by atoms with Crippen LogP contribution in [0.5, 0.6) is 11.5 Å². The van der Waals surface area contributed by atoms with Crippen LogP contribution in [0.1, 0.15) is 6.42 Å². The summed E-state index contributed by atoms with van der Waals surface area (Å²) in [5.41, 5.74) is 0. The number of likely N-dealkylation sites (N-methyl/N-ethyl adjacent to an activating group) is 1. The Kier molecular flexibility index (Phi) is 6.54. The van der Waals surface area contributed by atoms with Crippen molar-refractivity contribution in [1.29, 1.82) is 0 Å². The first-order chi connectivity index (χ1) is 12.1. The number of ether oxygens (including phenoxy) is 2. The summed E-state index contributed by atoms with van der Waals surface area (Å²) in [5, 5.41) is 0. The zero-order valence-electron chi connectivity index (χ0n) is 15.5. The molecule has 26 heavy (non-hydrogen) atoms. The summed E-state index contributed by atoms with van der Waals surface area (Å²) in [4.78, 5) is 1.83. The Morgan fingerprint density at radius 1 is 1.15 bits per heavy atom. The molecule has 0 amide bonds. The van der Waals surface area contributed by atoms with Crippen molar-refractivity contribution < 1.29 is 26.3 Å². The van der Waals surface area contributed by atoms with E-state index in [-0.39, 0.29) is 28.7 Å². The van der Waals surface area contributed by atoms with E-state index in [1.165, 1.54) is 30.7 Å². The van der Waals surface area contributed by atoms with Gasteiger partial charge in [0.1, 0.15) is 16.4 Å². The van der Waals surface area contributed by atoms with E-state index in [9.17, 15) is 16.8 Å². The molecule has 1 aliphatic heterocycles. The molecule has 0 N–H and O–H groups in total. The highest BCUT2D eigenvalue weighted by Crippen LogP contribution is 2.33. The van der Waals surface area contributed by atoms with Gasteiger partial charge in [-0.05, 0) is 32.6 Å². The Bertz CT molecular complexity index is 836. The summed E-state index contributed by atoms with van der Waals surface area (Å²) in [6, 6.07) is 3.96. The van der Waals surface area contributed by atoms with Crippen LogP contribution in [0.2, 0.25) is 0 Å². The van der Waals surface area contributed by atoms with Crippen LogP contribution in [-0.2, 0) is 19.9 Å². The Morgan fingerprint density at radius 2 is 1.85 bits per heavy atom. The average Bonchev–Trinajstić information content (AvgIpc) is 2.93. The molecular weight excluding hydrogens is 380 g/mol. The van der Waals surface area contributed by atoms with Crippen LogP contribution in [0.15, 0.2) is 23.1 Å². The molecule has 0 radical (unpaired) electrons. The Morgan fingerprint density at radius 3 is 2.35 bits per heavy atom. The first-order valence-electron chi connectivity index (χ1n) is 8.20. The zero-order valence-corrected chi connectivity index (χ0v) is 17.1. The monoisotopic (exact) mass is 406 g/mol. The normalized spacial score (nSPS) is 19.8. The maximum Gasteiger partial charge on any atom is 0.247 e. The molecule has 148 valence electrons. The SMILES string of the molecule is COc1ccc(OC)c(S(=O)(=O)N(CCN(C)C)[C@H]2CCS(=O)(=O)C2)c1. The molecule has 0 spiro atoms. The minimum Gasteiger partial charge on any atom is -0.497 e. The van der Waals surface area contributed by atoms with Gasteiger partial charge >= 0.3 is 0 Å². The number of hydrogen-bond donors (Lipinski definition) is 0. The van der Waals surface area contributed by atoms with Crippen LogP contribution in [0.3, 0.4) is 0 Å². The maximum atomic E-state index is 13.4. The molecule has 0 aromatic heterocycles. The van der Waals surface area contributed by atoms with Gasteiger partial charge in [0.05, 0.1) is 25.7 Å². The standard InChI is InChI=1S/C16H26N2O6S2/c1-17(2)8-9-18(13-7-10-25(19,20)12-13)26(21,22)16-11-14(23-3)5-6-15(16)24-4/h5-6,11,13H,7-10,12H2,1-4H3/t13-/m0/s1. The van der Waals surface area contributed by atoms with E-state index in [2.05, 4.69) is 0 Å². The second kappa shape index (κ2) is 8.12. The van der Waals surface area contributed by atoms with Gasteiger partial charge in [0.25, 0.3) is 0 Å². The van der Waals surface area contributed by atoms with E-state index in [1.54, 1.807) is 6.07 Å². The first kappa shape index (κ1) is 20.9. The molecule has 0 unspecified atom stereocenters. The molecule has 1 aromatic rings. The fourth-order valence-corrected chi connectivity index (χ4v) is 6.55. The predicted molar refractivity (Wildman–Crippen MR) is 99.1 cm³/mol. The summed E-state index contributed by atoms with van der Waals surface area (Å²) in [6.07, 6.45) is 0.293. The van der Waals surface area contributed by atoms with Crippen LogP contribution >= 0.6 is 0 Å². The third-order valence-corrected chi connectivity index (χ3v) is 8.06. The number of hydrogen-bond acceptors (Lipinski definition) is 7. The van der Waals surface area contributed by atoms with Gasteiger partial charge in [0.2, 0.25) is 10.0 Å². The van der Waals surface area contributed by atoms with Gasteiger partial charge in [-0.2, -0.15) is 4.31 Å². The highest BCUT2D eigenvalue weighted by molar-refractivity contribution is 7.92. The van der Waals surface area contributed by atoms with E-state index < -0.39 is 25.9 Å². The lowest BCUT2D eigenvalue weighted by Crippen LogP contribution is -2.44. The molecule has 1 saturated heterocycles. The number of benzene rings is 1. The number of methoxy groups -OCH3 is 2. The highest BCUT2D eigenvalue weighted by atomic mass is 32.2. The second-order valence-electron chi connectivity index (χ2n) is 6.49. The average molecular weight is 407 g/mol. The van der Waals surface area contributed by atoms with E-state index in [0.717, 1.165) is 0 Å². The van der Waals surface area contributed by atoms with Crippen LogP contribution in [0.4, 0.5) is 0 Å². The Labute approximate surface area is 155 Å². The van der Waals surface area contributed by atoms with E-state index in [4.69, 9.17) is 9.47 Å². The largest absolute Gasteiger partial charge is 0.497 e. The van der Waals surface area contributed by atoms with E-state index in [1.807, 2.05) is 19.0 Å². The lowest BCUT2D eigenvalue weighted by atomic mass is 10.2. The van der Waals surface area contributed by atoms with Gasteiger partial charge < -0.3 is 14.4 Å². The van der Waals surface area contributed by atoms with Gasteiger partial charge in [0.15, 0.2) is 9.84 Å². The smallest absolute Gasteiger partial charge is 0.247 e. The van der Waals surface area contributed by atoms with Crippen molar-refractivity contribution in [1.82, 2.24) is 9.21 Å². The number of nitrogens with zero attached hydrogens (tertiary/aromatic N) is 2. The summed E-state index contributed by atoms with van der Waals surface area (Å²) in [5.74, 6) is 0.421. The van der Waals surface area contributed by atoms with Crippen molar-refractivity contribution in [3.8, 4) is 11.5 Å². The van der Waals surface area contributed by atoms with Crippen molar-refractivity contribution >= 4 is 19.9 Å². The molecule has 1 heterocycles. The molecule has 1 aromatic carbocycles. The molecule has 1 atom stereocenters. The predicted octanol–water partition coefficient (Wildman–Crippen LogP) is 0.443. The first-order valence-corrected chi connectivity index (χ1v) is 11.5. The number of sulfone groups is 1. The van der Waals surface area contributed by atoms with E-state index in [0.29, 0.717) is 18.7 Å². The van der Waals surface area contributed by atoms with Crippen molar-refractivity contribution in [2.75, 3.05) is 52.9 Å². The molecule has 10 heteroatoms. The van der Waals surface area contributed by atoms with Crippen molar-refractivity contribution in [3.05, 3.63) is 18.2 Å². The van der Waals surface area contributed by atoms with Crippen LogP contribution in [0, 0.1) is 0 Å². The van der Waals surface area contributed by atoms with E-state index >= 15 is 0 Å². The van der Waals surface area contributed by atoms with Gasteiger partial charge in [0, 0.05) is 25.2 Å². The van der Waals surface area contributed by atoms with Gasteiger partial charge in [-0.3, -0.25) is 0 Å². The highest BCUT2D eigenvalue weighted by Gasteiger charge is 2.39. The van der Waals surface area contributed by atoms with Crippen molar-refractivity contribution in [2.45, 2.75) is 17.4 Å². The minimum atomic E-state index is -3.97. The topological polar surface area (TPSA) is 93.2 Å². The molecule has 1 aliphatic rings. The molecular formula is C16H26N2O6S2. The minimum absolute atomic E-state index is 0.000890. The molecule has 2 rings (SSSR count). The Hall–Kier alpha value is -1.36. The van der Waals surface area contributed by atoms with Crippen molar-refractivity contribution in [2.24, 2.45) is 0 Å². The third kappa shape index (κ3) is 4.67. The molecule has 1 fully saturated rings. The van der Waals surface area contributed by atoms with Crippen LogP contribution in [-0.4, -0.2) is 85.0 Å². The lowest BCUT2D eigenvalue weighted by Gasteiger charge is -2.29. The summed E-state index contributed by atoms with van der Waals surface area (Å²) in [7, 11) is -0.679. The molecule has 0 aliphatic carbocycles. The zero-order chi connectivity index (χ0) is 19.5. The molecule has 0 saturated carbocycles. The maximum absolute atomic E-state index is 13.4. The number of rotatable bonds is 8. The molecule has 8 nitrogen and oxygen atoms in total. The van der Waals surface area contributed by atoms with Crippen LogP contribution in [0.25, 0.3) is 0 Å². The van der Waals surface area contributed by atoms with Gasteiger partial charge in [-0.25, -0.2) is 16.8 Å². The third-order valence-electron chi connectivity index (χ3n) is 4.34. The van der Waals surface area contributed by atoms with Crippen LogP contribution < -0.4 is 9.47 Å². The summed E-state index contributed by atoms with van der Waals surface area (Å²) in [6.45, 7) is 0.665. The number of sulfonamides is 1. The second-order valence-corrected chi connectivity index (χ2v) is 10.6. The van der Waals surface area contributed by atoms with Gasteiger partial charge in [-0.1, -0.05) is 0 Å². The fourth-order valence-electron chi connectivity index (χ4n) is 2.91. The molecule has 0 bridgehead atoms. The van der Waals surface area contributed by atoms with Gasteiger partial charge in [-0.15, -0.1) is 0 Å². The lowest BCUT2D eigenvalue weighted by molar-refractivity contribution is 0.292. The Balaban J connectivity index is 2.48. The quantitative estimate of drug-likeness (QED) is 0.618.